The lowest BCUT2D eigenvalue weighted by atomic mass is 9.65. The smallest absolute Gasteiger partial charge is 0.329 e. The van der Waals surface area contributed by atoms with Crippen LogP contribution >= 0.6 is 11.3 Å². The van der Waals surface area contributed by atoms with Crippen LogP contribution in [0.25, 0.3) is 10.2 Å². The Morgan fingerprint density at radius 3 is 2.11 bits per heavy atom. The van der Waals surface area contributed by atoms with Crippen molar-refractivity contribution in [2.24, 2.45) is 11.8 Å². The van der Waals surface area contributed by atoms with Crippen molar-refractivity contribution in [3.63, 3.8) is 0 Å². The normalized spacial score (nSPS) is 23.7. The summed E-state index contributed by atoms with van der Waals surface area (Å²) in [6.45, 7) is 3.47. The highest BCUT2D eigenvalue weighted by Crippen LogP contribution is 2.66. The van der Waals surface area contributed by atoms with Gasteiger partial charge in [0.25, 0.3) is 0 Å². The molecule has 2 saturated heterocycles. The van der Waals surface area contributed by atoms with Crippen LogP contribution in [0.3, 0.4) is 0 Å². The van der Waals surface area contributed by atoms with Gasteiger partial charge < -0.3 is 25.2 Å². The number of urea groups is 1. The summed E-state index contributed by atoms with van der Waals surface area (Å²) in [4.78, 5) is 82.0. The number of esters is 2. The van der Waals surface area contributed by atoms with Gasteiger partial charge in [-0.05, 0) is 58.5 Å². The molecular weight excluding hydrogens is 795 g/mol. The monoisotopic (exact) mass is 835 g/mol. The van der Waals surface area contributed by atoms with Crippen LogP contribution < -0.4 is 15.5 Å². The van der Waals surface area contributed by atoms with Crippen LogP contribution in [-0.4, -0.2) is 64.0 Å². The predicted octanol–water partition coefficient (Wildman–Crippen LogP) is 7.21. The molecule has 0 unspecified atom stereocenters. The molecule has 308 valence electrons. The number of carbonyl (C=O) groups is 5. The zero-order valence-corrected chi connectivity index (χ0v) is 34.1. The minimum Gasteiger partial charge on any atom is -0.508 e. The van der Waals surface area contributed by atoms with Crippen LogP contribution in [0.2, 0.25) is 0 Å². The van der Waals surface area contributed by atoms with Crippen molar-refractivity contribution >= 4 is 62.2 Å². The second-order valence-electron chi connectivity index (χ2n) is 15.7. The number of para-hydroxylation sites is 2. The highest BCUT2D eigenvalue weighted by Gasteiger charge is 2.75. The number of nitrogens with one attached hydrogen (secondary N) is 2. The zero-order chi connectivity index (χ0) is 42.6. The van der Waals surface area contributed by atoms with Gasteiger partial charge in [0.05, 0.1) is 41.0 Å². The number of carbonyl (C=O) groups excluding carboxylic acids is 5. The van der Waals surface area contributed by atoms with E-state index in [1.54, 1.807) is 50.2 Å². The summed E-state index contributed by atoms with van der Waals surface area (Å²) in [5.74, 6) is -4.95. The van der Waals surface area contributed by atoms with Crippen LogP contribution in [0.1, 0.15) is 54.3 Å². The van der Waals surface area contributed by atoms with Gasteiger partial charge in [-0.25, -0.2) is 19.5 Å². The van der Waals surface area contributed by atoms with Gasteiger partial charge in [0.1, 0.15) is 29.4 Å². The molecule has 5 aromatic carbocycles. The van der Waals surface area contributed by atoms with Gasteiger partial charge in [-0.3, -0.25) is 19.3 Å². The average molecular weight is 836 g/mol. The molecule has 0 saturated carbocycles. The number of nitrogens with zero attached hydrogens (tertiary/aromatic N) is 3. The van der Waals surface area contributed by atoms with Gasteiger partial charge in [0, 0.05) is 0 Å². The molecule has 1 aromatic heterocycles. The number of fused-ring (bicyclic) bond motifs is 4. The number of benzene rings is 5. The summed E-state index contributed by atoms with van der Waals surface area (Å²) in [7, 11) is 1.21. The molecule has 14 heteroatoms. The summed E-state index contributed by atoms with van der Waals surface area (Å²) < 4.78 is 12.3. The number of phenols is 1. The van der Waals surface area contributed by atoms with E-state index in [-0.39, 0.29) is 16.6 Å². The molecular formula is C47H41N5O8S. The molecule has 0 bridgehead atoms. The quantitative estimate of drug-likeness (QED) is 0.133. The Morgan fingerprint density at radius 2 is 1.44 bits per heavy atom. The fraction of sp³-hybridized carbons (Fsp3) is 0.234. The predicted molar refractivity (Wildman–Crippen MR) is 227 cm³/mol. The second kappa shape index (κ2) is 15.6. The van der Waals surface area contributed by atoms with E-state index in [2.05, 4.69) is 15.6 Å². The van der Waals surface area contributed by atoms with Crippen molar-refractivity contribution in [2.45, 2.75) is 49.5 Å². The maximum atomic E-state index is 16.2. The highest BCUT2D eigenvalue weighted by molar-refractivity contribution is 7.22. The van der Waals surface area contributed by atoms with E-state index in [1.165, 1.54) is 30.6 Å². The molecule has 7 atom stereocenters. The van der Waals surface area contributed by atoms with Crippen molar-refractivity contribution < 1.29 is 38.6 Å². The van der Waals surface area contributed by atoms with Crippen molar-refractivity contribution in [1.29, 1.82) is 0 Å². The fourth-order valence-corrected chi connectivity index (χ4v) is 10.3. The summed E-state index contributed by atoms with van der Waals surface area (Å²) in [6.07, 6.45) is -0.909. The Balaban J connectivity index is 1.32. The van der Waals surface area contributed by atoms with E-state index in [0.717, 1.165) is 15.2 Å². The molecule has 13 nitrogen and oxygen atoms in total. The molecule has 3 aliphatic heterocycles. The SMILES string of the molecule is COC(=O)[C@@H](NC(=O)N1C(=O)[C@@]2(c3ccccc31)[C@H](c1ccc(O)cc1)N1[C@H](c3ccccc3)[C@H](c3ccccc3)OC(=O)[C@H]1[C@@H]2C(=O)Nc1nc2ccccc2s1)C(C)C. The number of methoxy groups -OCH3 is 1. The Kier molecular flexibility index (Phi) is 10.1. The molecule has 2 fully saturated rings. The van der Waals surface area contributed by atoms with E-state index in [0.29, 0.717) is 22.2 Å². The van der Waals surface area contributed by atoms with Crippen LogP contribution in [0, 0.1) is 11.8 Å². The number of hydrogen-bond donors (Lipinski definition) is 3. The van der Waals surface area contributed by atoms with E-state index in [9.17, 15) is 14.7 Å². The summed E-state index contributed by atoms with van der Waals surface area (Å²) in [6, 6.07) is 33.7. The van der Waals surface area contributed by atoms with Gasteiger partial charge in [0.2, 0.25) is 11.8 Å². The van der Waals surface area contributed by atoms with Gasteiger partial charge in [-0.1, -0.05) is 128 Å². The van der Waals surface area contributed by atoms with Gasteiger partial charge in [-0.15, -0.1) is 0 Å². The standard InChI is InChI=1S/C47H41N5O8S/c1-26(2)36(42(55)59-3)49-46(58)51-33-20-12-10-18-31(33)47(44(51)57)35(41(54)50-45-48-32-19-11-13-21-34(32)61-45)38-43(56)60-39(28-16-8-5-9-17-28)37(27-14-6-4-7-15-27)52(38)40(47)29-22-24-30(53)25-23-29/h4-26,35-40,53H,1-3H3,(H,49,58)(H,48,50,54)/t35-,36+,37-,38-,39+,40+,47-/m1/s1. The first-order chi connectivity index (χ1) is 29.5. The molecule has 0 aliphatic carbocycles. The first-order valence-corrected chi connectivity index (χ1v) is 20.7. The van der Waals surface area contributed by atoms with Crippen molar-refractivity contribution in [1.82, 2.24) is 15.2 Å². The summed E-state index contributed by atoms with van der Waals surface area (Å²) >= 11 is 1.24. The Hall–Kier alpha value is -6.90. The number of amides is 4. The molecule has 1 spiro atoms. The van der Waals surface area contributed by atoms with Crippen molar-refractivity contribution in [3.05, 3.63) is 156 Å². The Bertz CT molecular complexity index is 2640. The molecule has 0 radical (unpaired) electrons. The molecule has 6 aromatic rings. The van der Waals surface area contributed by atoms with E-state index in [1.807, 2.05) is 89.8 Å². The number of anilines is 2. The molecule has 4 amide bonds. The number of imide groups is 1. The van der Waals surface area contributed by atoms with Crippen molar-refractivity contribution in [2.75, 3.05) is 17.3 Å². The molecule has 9 rings (SSSR count). The van der Waals surface area contributed by atoms with Crippen LogP contribution in [-0.2, 0) is 34.1 Å². The van der Waals surface area contributed by atoms with Gasteiger partial charge >= 0.3 is 18.0 Å². The van der Waals surface area contributed by atoms with E-state index >= 15 is 14.4 Å². The third-order valence-corrected chi connectivity index (χ3v) is 12.9. The Morgan fingerprint density at radius 1 is 0.803 bits per heavy atom. The maximum Gasteiger partial charge on any atom is 0.329 e. The topological polar surface area (TPSA) is 167 Å². The van der Waals surface area contributed by atoms with Crippen LogP contribution in [0.5, 0.6) is 5.75 Å². The fourth-order valence-electron chi connectivity index (χ4n) is 9.45. The largest absolute Gasteiger partial charge is 0.508 e. The Labute approximate surface area is 354 Å². The number of morpholine rings is 1. The highest BCUT2D eigenvalue weighted by atomic mass is 32.1. The number of ether oxygens (including phenoxy) is 2. The minimum absolute atomic E-state index is 0.0426. The average Bonchev–Trinajstić information content (AvgIpc) is 3.91. The van der Waals surface area contributed by atoms with Crippen molar-refractivity contribution in [3.8, 4) is 5.75 Å². The second-order valence-corrected chi connectivity index (χ2v) is 16.7. The van der Waals surface area contributed by atoms with Crippen LogP contribution in [0.4, 0.5) is 15.6 Å². The number of aromatic hydroxyl groups is 1. The van der Waals surface area contributed by atoms with E-state index < -0.39 is 77.3 Å². The summed E-state index contributed by atoms with van der Waals surface area (Å²) in [5, 5.41) is 16.6. The maximum absolute atomic E-state index is 16.2. The number of cyclic esters (lactones) is 1. The van der Waals surface area contributed by atoms with Gasteiger partial charge in [0.15, 0.2) is 5.13 Å². The molecule has 3 N–H and O–H groups in total. The lowest BCUT2D eigenvalue weighted by molar-refractivity contribution is -0.177. The third-order valence-electron chi connectivity index (χ3n) is 12.0. The third kappa shape index (κ3) is 6.41. The van der Waals surface area contributed by atoms with Gasteiger partial charge in [-0.2, -0.15) is 0 Å². The number of hydrogen-bond acceptors (Lipinski definition) is 11. The number of rotatable bonds is 8. The number of thiazole rings is 1. The summed E-state index contributed by atoms with van der Waals surface area (Å²) in [5.41, 5.74) is 1.03. The molecule has 61 heavy (non-hydrogen) atoms. The lowest BCUT2D eigenvalue weighted by Crippen LogP contribution is -2.57. The molecule has 4 heterocycles. The first-order valence-electron chi connectivity index (χ1n) is 19.9. The van der Waals surface area contributed by atoms with E-state index in [4.69, 9.17) is 9.47 Å². The zero-order valence-electron chi connectivity index (χ0n) is 33.3. The molecule has 3 aliphatic rings. The number of phenolic OH excluding ortho intramolecular Hbond substituents is 1. The lowest BCUT2D eigenvalue weighted by Gasteiger charge is -2.46. The number of aromatic nitrogens is 1. The minimum atomic E-state index is -2.01. The van der Waals surface area contributed by atoms with Crippen LogP contribution in [0.15, 0.2) is 133 Å². The first kappa shape index (κ1) is 39.6.